The van der Waals surface area contributed by atoms with Gasteiger partial charge in [-0.1, -0.05) is 30.2 Å². The van der Waals surface area contributed by atoms with Gasteiger partial charge in [0, 0.05) is 18.4 Å². The number of amides is 1. The molecule has 2 aliphatic rings. The third-order valence-electron chi connectivity index (χ3n) is 5.28. The number of anilines is 1. The molecule has 2 aromatic rings. The van der Waals surface area contributed by atoms with Crippen molar-refractivity contribution < 1.29 is 14.3 Å². The van der Waals surface area contributed by atoms with Gasteiger partial charge in [0.05, 0.1) is 13.7 Å². The number of fused-ring (bicyclic) bond motifs is 1. The molecule has 1 aromatic carbocycles. The monoisotopic (exact) mass is 373 g/mol. The van der Waals surface area contributed by atoms with Gasteiger partial charge in [0.25, 0.3) is 0 Å². The first-order valence-corrected chi connectivity index (χ1v) is 9.96. The molecule has 2 saturated carbocycles. The summed E-state index contributed by atoms with van der Waals surface area (Å²) >= 11 is 1.42. The average Bonchev–Trinajstić information content (AvgIpc) is 3.25. The van der Waals surface area contributed by atoms with Gasteiger partial charge in [0.15, 0.2) is 0 Å². The second-order valence-electron chi connectivity index (χ2n) is 6.91. The molecule has 1 N–H and O–H groups in total. The van der Waals surface area contributed by atoms with Crippen LogP contribution in [0.3, 0.4) is 0 Å². The lowest BCUT2D eigenvalue weighted by Crippen LogP contribution is -2.15. The van der Waals surface area contributed by atoms with Crippen LogP contribution in [0.25, 0.3) is 0 Å². The van der Waals surface area contributed by atoms with Crippen LogP contribution in [0.2, 0.25) is 0 Å². The lowest BCUT2D eigenvalue weighted by molar-refractivity contribution is -0.117. The van der Waals surface area contributed by atoms with Crippen LogP contribution in [0.1, 0.15) is 30.7 Å². The highest BCUT2D eigenvalue weighted by molar-refractivity contribution is 7.15. The summed E-state index contributed by atoms with van der Waals surface area (Å²) in [5.74, 6) is 3.06. The molecule has 0 radical (unpaired) electrons. The quantitative estimate of drug-likeness (QED) is 0.803. The Balaban J connectivity index is 1.25. The molecule has 2 fully saturated rings. The number of methoxy groups -OCH3 is 1. The molecule has 0 spiro atoms. The number of carbonyl (C=O) groups excluding carboxylic acids is 1. The summed E-state index contributed by atoms with van der Waals surface area (Å²) in [5.41, 5.74) is 0. The van der Waals surface area contributed by atoms with Crippen molar-refractivity contribution in [2.75, 3.05) is 19.0 Å². The van der Waals surface area contributed by atoms with Crippen molar-refractivity contribution in [1.29, 1.82) is 0 Å². The Labute approximate surface area is 156 Å². The Morgan fingerprint density at radius 1 is 1.23 bits per heavy atom. The minimum Gasteiger partial charge on any atom is -0.497 e. The molecule has 1 heterocycles. The first-order valence-electron chi connectivity index (χ1n) is 9.14. The molecule has 1 unspecified atom stereocenters. The van der Waals surface area contributed by atoms with Crippen LogP contribution in [0.15, 0.2) is 24.3 Å². The molecule has 0 bridgehead atoms. The SMILES string of the molecule is COc1cccc(OCCc2nnc(NC(=O)C3[C@H]4CCCC[C@@H]34)s2)c1. The number of rotatable bonds is 7. The summed E-state index contributed by atoms with van der Waals surface area (Å²) in [6.07, 6.45) is 5.58. The van der Waals surface area contributed by atoms with E-state index in [2.05, 4.69) is 15.5 Å². The van der Waals surface area contributed by atoms with Crippen molar-refractivity contribution >= 4 is 22.4 Å². The van der Waals surface area contributed by atoms with Gasteiger partial charge >= 0.3 is 0 Å². The molecular weight excluding hydrogens is 350 g/mol. The first kappa shape index (κ1) is 17.3. The number of carbonyl (C=O) groups is 1. The van der Waals surface area contributed by atoms with E-state index in [4.69, 9.17) is 9.47 Å². The highest BCUT2D eigenvalue weighted by Crippen LogP contribution is 2.55. The van der Waals surface area contributed by atoms with Crippen molar-refractivity contribution in [3.05, 3.63) is 29.3 Å². The molecule has 7 heteroatoms. The average molecular weight is 373 g/mol. The molecular formula is C19H23N3O3S. The number of nitrogens with one attached hydrogen (secondary N) is 1. The Morgan fingerprint density at radius 2 is 2.00 bits per heavy atom. The Kier molecular flexibility index (Phi) is 5.06. The minimum atomic E-state index is 0.122. The van der Waals surface area contributed by atoms with E-state index < -0.39 is 0 Å². The topological polar surface area (TPSA) is 73.3 Å². The van der Waals surface area contributed by atoms with Gasteiger partial charge in [0.2, 0.25) is 11.0 Å². The summed E-state index contributed by atoms with van der Waals surface area (Å²) < 4.78 is 10.9. The van der Waals surface area contributed by atoms with Crippen LogP contribution in [-0.2, 0) is 11.2 Å². The first-order chi connectivity index (χ1) is 12.7. The zero-order valence-electron chi connectivity index (χ0n) is 14.8. The van der Waals surface area contributed by atoms with E-state index >= 15 is 0 Å². The van der Waals surface area contributed by atoms with Gasteiger partial charge in [-0.3, -0.25) is 4.79 Å². The number of hydrogen-bond acceptors (Lipinski definition) is 6. The molecule has 4 rings (SSSR count). The normalized spacial score (nSPS) is 23.8. The number of aromatic nitrogens is 2. The highest BCUT2D eigenvalue weighted by atomic mass is 32.1. The van der Waals surface area contributed by atoms with Crippen molar-refractivity contribution in [2.24, 2.45) is 17.8 Å². The Morgan fingerprint density at radius 3 is 2.77 bits per heavy atom. The molecule has 6 nitrogen and oxygen atoms in total. The summed E-state index contributed by atoms with van der Waals surface area (Å²) in [5, 5.41) is 12.7. The van der Waals surface area contributed by atoms with E-state index in [0.29, 0.717) is 30.0 Å². The number of benzene rings is 1. The maximum Gasteiger partial charge on any atom is 0.229 e. The lowest BCUT2D eigenvalue weighted by Gasteiger charge is -2.06. The summed E-state index contributed by atoms with van der Waals surface area (Å²) in [4.78, 5) is 12.4. The van der Waals surface area contributed by atoms with E-state index in [9.17, 15) is 4.79 Å². The van der Waals surface area contributed by atoms with E-state index in [-0.39, 0.29) is 11.8 Å². The maximum atomic E-state index is 12.4. The zero-order valence-corrected chi connectivity index (χ0v) is 15.6. The predicted octanol–water partition coefficient (Wildman–Crippen LogP) is 3.54. The summed E-state index contributed by atoms with van der Waals surface area (Å²) in [6.45, 7) is 0.503. The molecule has 2 aliphatic carbocycles. The third-order valence-corrected chi connectivity index (χ3v) is 6.18. The highest BCUT2D eigenvalue weighted by Gasteiger charge is 2.54. The van der Waals surface area contributed by atoms with Crippen molar-refractivity contribution in [3.8, 4) is 11.5 Å². The fraction of sp³-hybridized carbons (Fsp3) is 0.526. The number of hydrogen-bond donors (Lipinski definition) is 1. The molecule has 26 heavy (non-hydrogen) atoms. The molecule has 138 valence electrons. The second kappa shape index (κ2) is 7.61. The summed E-state index contributed by atoms with van der Waals surface area (Å²) in [6, 6.07) is 7.51. The van der Waals surface area contributed by atoms with Crippen LogP contribution in [0, 0.1) is 17.8 Å². The Hall–Kier alpha value is -2.15. The summed E-state index contributed by atoms with van der Waals surface area (Å²) in [7, 11) is 1.63. The van der Waals surface area contributed by atoms with Crippen LogP contribution in [-0.4, -0.2) is 29.8 Å². The van der Waals surface area contributed by atoms with Crippen LogP contribution < -0.4 is 14.8 Å². The van der Waals surface area contributed by atoms with Crippen LogP contribution >= 0.6 is 11.3 Å². The third kappa shape index (κ3) is 3.82. The van der Waals surface area contributed by atoms with Gasteiger partial charge < -0.3 is 14.8 Å². The molecule has 0 saturated heterocycles. The van der Waals surface area contributed by atoms with Gasteiger partial charge in [-0.25, -0.2) is 0 Å². The molecule has 1 amide bonds. The Bertz CT molecular complexity index is 767. The van der Waals surface area contributed by atoms with Crippen LogP contribution in [0.5, 0.6) is 11.5 Å². The van der Waals surface area contributed by atoms with E-state index in [1.807, 2.05) is 24.3 Å². The minimum absolute atomic E-state index is 0.122. The second-order valence-corrected chi connectivity index (χ2v) is 7.97. The fourth-order valence-electron chi connectivity index (χ4n) is 3.92. The fourth-order valence-corrected chi connectivity index (χ4v) is 4.65. The van der Waals surface area contributed by atoms with Crippen LogP contribution in [0.4, 0.5) is 5.13 Å². The van der Waals surface area contributed by atoms with Crippen molar-refractivity contribution in [1.82, 2.24) is 10.2 Å². The van der Waals surface area contributed by atoms with E-state index in [1.165, 1.54) is 37.0 Å². The van der Waals surface area contributed by atoms with E-state index in [0.717, 1.165) is 16.5 Å². The standard InChI is InChI=1S/C19H23N3O3S/c1-24-12-5-4-6-13(11-12)25-10-9-16-21-22-19(26-16)20-18(23)17-14-7-2-3-8-15(14)17/h4-6,11,14-15,17H,2-3,7-10H2,1H3,(H,20,22,23)/t14-,15+,17?. The van der Waals surface area contributed by atoms with Crippen molar-refractivity contribution in [2.45, 2.75) is 32.1 Å². The van der Waals surface area contributed by atoms with Gasteiger partial charge in [-0.05, 0) is 36.8 Å². The van der Waals surface area contributed by atoms with Gasteiger partial charge in [-0.15, -0.1) is 10.2 Å². The van der Waals surface area contributed by atoms with Gasteiger partial charge in [0.1, 0.15) is 16.5 Å². The largest absolute Gasteiger partial charge is 0.497 e. The number of ether oxygens (including phenoxy) is 2. The van der Waals surface area contributed by atoms with Crippen molar-refractivity contribution in [3.63, 3.8) is 0 Å². The molecule has 3 atom stereocenters. The maximum absolute atomic E-state index is 12.4. The molecule has 1 aromatic heterocycles. The zero-order chi connectivity index (χ0) is 17.9. The number of nitrogens with zero attached hydrogens (tertiary/aromatic N) is 2. The smallest absolute Gasteiger partial charge is 0.229 e. The predicted molar refractivity (Wildman–Crippen MR) is 99.7 cm³/mol. The van der Waals surface area contributed by atoms with E-state index in [1.54, 1.807) is 7.11 Å². The lowest BCUT2D eigenvalue weighted by atomic mass is 10.0. The van der Waals surface area contributed by atoms with Gasteiger partial charge in [-0.2, -0.15) is 0 Å². The molecule has 0 aliphatic heterocycles.